The molecule has 2 heteroatoms. The first-order chi connectivity index (χ1) is 8.27. The lowest BCUT2D eigenvalue weighted by Crippen LogP contribution is -2.14. The van der Waals surface area contributed by atoms with Crippen LogP contribution in [0.15, 0.2) is 55.3 Å². The fourth-order valence-corrected chi connectivity index (χ4v) is 1.51. The van der Waals surface area contributed by atoms with Crippen molar-refractivity contribution in [2.45, 2.75) is 6.42 Å². The van der Waals surface area contributed by atoms with Gasteiger partial charge in [-0.05, 0) is 17.2 Å². The van der Waals surface area contributed by atoms with Crippen LogP contribution in [0.4, 0.5) is 0 Å². The Kier molecular flexibility index (Phi) is 5.52. The Bertz CT molecular complexity index is 432. The molecule has 1 aromatic carbocycles. The van der Waals surface area contributed by atoms with E-state index >= 15 is 0 Å². The molecule has 0 amide bonds. The number of benzene rings is 1. The Balaban J connectivity index is 2.53. The van der Waals surface area contributed by atoms with Gasteiger partial charge in [0.05, 0.1) is 0 Å². The highest BCUT2D eigenvalue weighted by atomic mass is 16.1. The molecule has 1 rings (SSSR count). The zero-order valence-corrected chi connectivity index (χ0v) is 9.86. The first kappa shape index (κ1) is 13.0. The maximum absolute atomic E-state index is 10.1. The van der Waals surface area contributed by atoms with Gasteiger partial charge in [0.2, 0.25) is 0 Å². The Hall–Kier alpha value is -2.09. The minimum atomic E-state index is 0.619. The van der Waals surface area contributed by atoms with E-state index in [9.17, 15) is 4.79 Å². The van der Waals surface area contributed by atoms with Gasteiger partial charge in [-0.15, -0.1) is 0 Å². The van der Waals surface area contributed by atoms with Crippen LogP contribution in [0.25, 0.3) is 6.08 Å². The molecule has 0 saturated carbocycles. The maximum atomic E-state index is 10.1. The van der Waals surface area contributed by atoms with E-state index in [1.54, 1.807) is 6.08 Å². The molecule has 0 aliphatic carbocycles. The van der Waals surface area contributed by atoms with Crippen molar-refractivity contribution in [2.75, 3.05) is 6.54 Å². The molecule has 0 aliphatic rings. The largest absolute Gasteiger partial charge is 0.385 e. The molecule has 0 fully saturated rings. The van der Waals surface area contributed by atoms with Gasteiger partial charge in [-0.25, -0.2) is 0 Å². The molecule has 0 aliphatic heterocycles. The molecule has 0 spiro atoms. The van der Waals surface area contributed by atoms with Crippen LogP contribution in [-0.2, 0) is 11.2 Å². The van der Waals surface area contributed by atoms with Gasteiger partial charge in [-0.2, -0.15) is 0 Å². The minimum absolute atomic E-state index is 0.619. The summed E-state index contributed by atoms with van der Waals surface area (Å²) < 4.78 is 0. The molecule has 0 unspecified atom stereocenters. The molecule has 0 saturated heterocycles. The second kappa shape index (κ2) is 7.23. The number of hydrogen-bond donors (Lipinski definition) is 1. The lowest BCUT2D eigenvalue weighted by atomic mass is 10.0. The third-order valence-corrected chi connectivity index (χ3v) is 2.36. The van der Waals surface area contributed by atoms with Crippen molar-refractivity contribution in [3.05, 3.63) is 66.4 Å². The van der Waals surface area contributed by atoms with Gasteiger partial charge in [-0.1, -0.05) is 49.6 Å². The monoisotopic (exact) mass is 227 g/mol. The van der Waals surface area contributed by atoms with Crippen molar-refractivity contribution in [3.63, 3.8) is 0 Å². The lowest BCUT2D eigenvalue weighted by molar-refractivity contribution is -0.104. The normalized spacial score (nSPS) is 10.1. The average Bonchev–Trinajstić information content (AvgIpc) is 2.35. The van der Waals surface area contributed by atoms with E-state index in [1.165, 1.54) is 11.6 Å². The number of aldehydes is 1. The molecule has 17 heavy (non-hydrogen) atoms. The summed E-state index contributed by atoms with van der Waals surface area (Å²) in [4.78, 5) is 10.1. The van der Waals surface area contributed by atoms with E-state index < -0.39 is 0 Å². The van der Waals surface area contributed by atoms with Crippen LogP contribution in [0.3, 0.4) is 0 Å². The molecular weight excluding hydrogens is 210 g/mol. The summed E-state index contributed by atoms with van der Waals surface area (Å²) in [6.45, 7) is 8.36. The predicted molar refractivity (Wildman–Crippen MR) is 72.6 cm³/mol. The number of carbonyl (C=O) groups excluding carboxylic acids is 1. The smallest absolute Gasteiger partial charge is 0.142 e. The molecule has 1 N–H and O–H groups in total. The molecule has 0 bridgehead atoms. The number of carbonyl (C=O) groups is 1. The minimum Gasteiger partial charge on any atom is -0.385 e. The van der Waals surface area contributed by atoms with Gasteiger partial charge in [0.15, 0.2) is 0 Å². The molecule has 0 radical (unpaired) electrons. The van der Waals surface area contributed by atoms with E-state index in [4.69, 9.17) is 0 Å². The zero-order valence-electron chi connectivity index (χ0n) is 9.86. The van der Waals surface area contributed by atoms with Gasteiger partial charge in [0.25, 0.3) is 0 Å². The molecule has 0 heterocycles. The van der Waals surface area contributed by atoms with Gasteiger partial charge in [0, 0.05) is 18.7 Å². The van der Waals surface area contributed by atoms with Crippen molar-refractivity contribution in [1.82, 2.24) is 5.32 Å². The van der Waals surface area contributed by atoms with Crippen LogP contribution < -0.4 is 5.32 Å². The Morgan fingerprint density at radius 3 is 2.82 bits per heavy atom. The fraction of sp³-hybridized carbons (Fsp3) is 0.133. The summed E-state index contributed by atoms with van der Waals surface area (Å²) in [7, 11) is 0. The number of nitrogens with one attached hydrogen (secondary N) is 1. The van der Waals surface area contributed by atoms with Crippen LogP contribution in [0.1, 0.15) is 11.1 Å². The predicted octanol–water partition coefficient (Wildman–Crippen LogP) is 2.73. The highest BCUT2D eigenvalue weighted by Crippen LogP contribution is 2.12. The SMILES string of the molecule is C=Cc1ccccc1CC(=C)NC/C=C/C=O. The summed E-state index contributed by atoms with van der Waals surface area (Å²) in [5, 5.41) is 3.14. The van der Waals surface area contributed by atoms with E-state index in [0.29, 0.717) is 6.54 Å². The van der Waals surface area contributed by atoms with Gasteiger partial charge >= 0.3 is 0 Å². The Morgan fingerprint density at radius 1 is 1.35 bits per heavy atom. The molecule has 1 aromatic rings. The molecule has 0 atom stereocenters. The van der Waals surface area contributed by atoms with E-state index in [-0.39, 0.29) is 0 Å². The fourth-order valence-electron chi connectivity index (χ4n) is 1.51. The highest BCUT2D eigenvalue weighted by Gasteiger charge is 2.00. The van der Waals surface area contributed by atoms with Gasteiger partial charge in [-0.3, -0.25) is 4.79 Å². The van der Waals surface area contributed by atoms with Crippen LogP contribution >= 0.6 is 0 Å². The second-order valence-corrected chi connectivity index (χ2v) is 3.63. The van der Waals surface area contributed by atoms with Crippen LogP contribution in [-0.4, -0.2) is 12.8 Å². The lowest BCUT2D eigenvalue weighted by Gasteiger charge is -2.09. The maximum Gasteiger partial charge on any atom is 0.142 e. The second-order valence-electron chi connectivity index (χ2n) is 3.63. The number of allylic oxidation sites excluding steroid dienone is 2. The molecule has 0 aromatic heterocycles. The summed E-state index contributed by atoms with van der Waals surface area (Å²) in [5.74, 6) is 0. The highest BCUT2D eigenvalue weighted by molar-refractivity contribution is 5.64. The standard InChI is InChI=1S/C15H17NO/c1-3-14-8-4-5-9-15(14)12-13(2)16-10-6-7-11-17/h3-9,11,16H,1-2,10,12H2/b7-6+. The summed E-state index contributed by atoms with van der Waals surface area (Å²) >= 11 is 0. The number of hydrogen-bond acceptors (Lipinski definition) is 2. The third kappa shape index (κ3) is 4.51. The molecule has 88 valence electrons. The van der Waals surface area contributed by atoms with Crippen LogP contribution in [0.2, 0.25) is 0 Å². The summed E-state index contributed by atoms with van der Waals surface area (Å²) in [5.41, 5.74) is 3.24. The van der Waals surface area contributed by atoms with Crippen molar-refractivity contribution >= 4 is 12.4 Å². The van der Waals surface area contributed by atoms with Crippen molar-refractivity contribution in [3.8, 4) is 0 Å². The quantitative estimate of drug-likeness (QED) is 0.573. The number of rotatable bonds is 7. The van der Waals surface area contributed by atoms with E-state index in [1.807, 2.05) is 24.3 Å². The molecule has 2 nitrogen and oxygen atoms in total. The van der Waals surface area contributed by atoms with E-state index in [0.717, 1.165) is 24.0 Å². The van der Waals surface area contributed by atoms with E-state index in [2.05, 4.69) is 24.5 Å². The molecular formula is C15H17NO. The average molecular weight is 227 g/mol. The van der Waals surface area contributed by atoms with Crippen LogP contribution in [0.5, 0.6) is 0 Å². The summed E-state index contributed by atoms with van der Waals surface area (Å²) in [6.07, 6.45) is 6.60. The first-order valence-electron chi connectivity index (χ1n) is 5.50. The third-order valence-electron chi connectivity index (χ3n) is 2.36. The summed E-state index contributed by atoms with van der Waals surface area (Å²) in [6, 6.07) is 8.08. The van der Waals surface area contributed by atoms with Gasteiger partial charge in [0.1, 0.15) is 6.29 Å². The zero-order chi connectivity index (χ0) is 12.5. The van der Waals surface area contributed by atoms with Gasteiger partial charge < -0.3 is 5.32 Å². The first-order valence-corrected chi connectivity index (χ1v) is 5.50. The Morgan fingerprint density at radius 2 is 2.12 bits per heavy atom. The van der Waals surface area contributed by atoms with Crippen molar-refractivity contribution in [2.24, 2.45) is 0 Å². The van der Waals surface area contributed by atoms with Crippen molar-refractivity contribution in [1.29, 1.82) is 0 Å². The van der Waals surface area contributed by atoms with Crippen molar-refractivity contribution < 1.29 is 4.79 Å². The Labute approximate surface area is 102 Å². The van der Waals surface area contributed by atoms with Crippen LogP contribution in [0, 0.1) is 0 Å². The topological polar surface area (TPSA) is 29.1 Å².